The van der Waals surface area contributed by atoms with Crippen LogP contribution in [0.1, 0.15) is 12.8 Å². The highest BCUT2D eigenvalue weighted by molar-refractivity contribution is 6.53. The van der Waals surface area contributed by atoms with Gasteiger partial charge in [-0.2, -0.15) is 0 Å². The number of halogens is 2. The van der Waals surface area contributed by atoms with Gasteiger partial charge in [0.25, 0.3) is 5.91 Å². The Kier molecular flexibility index (Phi) is 3.60. The van der Waals surface area contributed by atoms with Gasteiger partial charge in [-0.3, -0.25) is 9.59 Å². The number of carbonyl (C=O) groups is 2. The lowest BCUT2D eigenvalue weighted by Gasteiger charge is -2.35. The van der Waals surface area contributed by atoms with Crippen LogP contribution in [-0.4, -0.2) is 52.6 Å². The zero-order valence-electron chi connectivity index (χ0n) is 8.86. The van der Waals surface area contributed by atoms with Crippen LogP contribution in [0.2, 0.25) is 0 Å². The normalized spacial score (nSPS) is 21.4. The van der Waals surface area contributed by atoms with Gasteiger partial charge in [-0.05, 0) is 12.8 Å². The molecule has 1 heterocycles. The third-order valence-corrected chi connectivity index (χ3v) is 3.39. The zero-order valence-corrected chi connectivity index (χ0v) is 10.4. The molecule has 16 heavy (non-hydrogen) atoms. The van der Waals surface area contributed by atoms with E-state index in [-0.39, 0.29) is 17.7 Å². The molecule has 2 fully saturated rings. The number of piperazine rings is 1. The molecule has 0 spiro atoms. The standard InChI is InChI=1S/C10H14Cl2N2O2/c11-8(12)10(16)14-5-3-13(4-6-14)9(15)7-1-2-7/h7-8H,1-6H2. The van der Waals surface area contributed by atoms with E-state index in [2.05, 4.69) is 0 Å². The second-order valence-electron chi connectivity index (χ2n) is 4.23. The maximum atomic E-state index is 11.7. The molecule has 4 nitrogen and oxygen atoms in total. The summed E-state index contributed by atoms with van der Waals surface area (Å²) in [4.78, 5) is 25.7. The van der Waals surface area contributed by atoms with E-state index in [1.54, 1.807) is 4.90 Å². The Morgan fingerprint density at radius 3 is 1.94 bits per heavy atom. The first-order valence-corrected chi connectivity index (χ1v) is 6.32. The molecule has 0 aromatic rings. The molecule has 0 unspecified atom stereocenters. The van der Waals surface area contributed by atoms with Gasteiger partial charge in [-0.15, -0.1) is 0 Å². The van der Waals surface area contributed by atoms with Crippen molar-refractivity contribution >= 4 is 35.0 Å². The molecular weight excluding hydrogens is 251 g/mol. The van der Waals surface area contributed by atoms with Crippen molar-refractivity contribution in [2.75, 3.05) is 26.2 Å². The summed E-state index contributed by atoms with van der Waals surface area (Å²) in [6.07, 6.45) is 2.03. The number of alkyl halides is 2. The molecule has 6 heteroatoms. The van der Waals surface area contributed by atoms with Crippen molar-refractivity contribution in [1.82, 2.24) is 9.80 Å². The zero-order chi connectivity index (χ0) is 11.7. The van der Waals surface area contributed by atoms with Crippen molar-refractivity contribution in [3.05, 3.63) is 0 Å². The summed E-state index contributed by atoms with van der Waals surface area (Å²) in [7, 11) is 0. The fraction of sp³-hybridized carbons (Fsp3) is 0.800. The lowest BCUT2D eigenvalue weighted by molar-refractivity contribution is -0.139. The summed E-state index contributed by atoms with van der Waals surface area (Å²) < 4.78 is 0. The lowest BCUT2D eigenvalue weighted by Crippen LogP contribution is -2.52. The third-order valence-electron chi connectivity index (χ3n) is 3.02. The van der Waals surface area contributed by atoms with Gasteiger partial charge >= 0.3 is 0 Å². The quantitative estimate of drug-likeness (QED) is 0.695. The minimum absolute atomic E-state index is 0.236. The summed E-state index contributed by atoms with van der Waals surface area (Å²) in [5, 5.41) is 0. The second-order valence-corrected chi connectivity index (χ2v) is 5.32. The molecule has 1 saturated heterocycles. The molecule has 2 amide bonds. The fourth-order valence-electron chi connectivity index (χ4n) is 1.87. The molecule has 0 atom stereocenters. The van der Waals surface area contributed by atoms with Gasteiger partial charge in [-0.1, -0.05) is 23.2 Å². The maximum Gasteiger partial charge on any atom is 0.255 e. The highest BCUT2D eigenvalue weighted by Crippen LogP contribution is 2.31. The molecule has 1 aliphatic heterocycles. The maximum absolute atomic E-state index is 11.7. The van der Waals surface area contributed by atoms with Gasteiger partial charge < -0.3 is 9.80 Å². The third kappa shape index (κ3) is 2.61. The second kappa shape index (κ2) is 4.80. The van der Waals surface area contributed by atoms with Crippen molar-refractivity contribution in [3.63, 3.8) is 0 Å². The minimum atomic E-state index is -0.995. The molecule has 0 radical (unpaired) electrons. The van der Waals surface area contributed by atoms with Crippen molar-refractivity contribution in [1.29, 1.82) is 0 Å². The summed E-state index contributed by atoms with van der Waals surface area (Å²) in [5.74, 6) is 0.221. The van der Waals surface area contributed by atoms with Crippen LogP contribution in [0.15, 0.2) is 0 Å². The van der Waals surface area contributed by atoms with Crippen molar-refractivity contribution in [2.45, 2.75) is 17.7 Å². The van der Waals surface area contributed by atoms with Gasteiger partial charge in [0.2, 0.25) is 5.91 Å². The first kappa shape index (κ1) is 12.0. The van der Waals surface area contributed by atoms with E-state index in [1.807, 2.05) is 4.90 Å². The number of amides is 2. The molecule has 0 N–H and O–H groups in total. The van der Waals surface area contributed by atoms with E-state index in [4.69, 9.17) is 23.2 Å². The van der Waals surface area contributed by atoms with E-state index in [0.717, 1.165) is 12.8 Å². The van der Waals surface area contributed by atoms with E-state index >= 15 is 0 Å². The Morgan fingerprint density at radius 2 is 1.50 bits per heavy atom. The Hall–Kier alpha value is -0.480. The van der Waals surface area contributed by atoms with Crippen LogP contribution in [-0.2, 0) is 9.59 Å². The van der Waals surface area contributed by atoms with Crippen LogP contribution in [0.5, 0.6) is 0 Å². The van der Waals surface area contributed by atoms with Crippen LogP contribution in [0, 0.1) is 5.92 Å². The largest absolute Gasteiger partial charge is 0.339 e. The Balaban J connectivity index is 1.82. The van der Waals surface area contributed by atoms with Crippen LogP contribution in [0.3, 0.4) is 0 Å². The molecular formula is C10H14Cl2N2O2. The highest BCUT2D eigenvalue weighted by Gasteiger charge is 2.35. The lowest BCUT2D eigenvalue weighted by atomic mass is 10.2. The van der Waals surface area contributed by atoms with E-state index in [1.165, 1.54) is 0 Å². The SMILES string of the molecule is O=C(C(Cl)Cl)N1CCN(C(=O)C2CC2)CC1. The first-order valence-electron chi connectivity index (χ1n) is 5.45. The van der Waals surface area contributed by atoms with Gasteiger partial charge in [-0.25, -0.2) is 0 Å². The summed E-state index contributed by atoms with van der Waals surface area (Å²) >= 11 is 11.0. The molecule has 2 aliphatic rings. The molecule has 1 saturated carbocycles. The van der Waals surface area contributed by atoms with Gasteiger partial charge in [0, 0.05) is 32.1 Å². The number of hydrogen-bond donors (Lipinski definition) is 0. The van der Waals surface area contributed by atoms with Crippen LogP contribution >= 0.6 is 23.2 Å². The number of nitrogens with zero attached hydrogens (tertiary/aromatic N) is 2. The average molecular weight is 265 g/mol. The molecule has 0 aromatic carbocycles. The van der Waals surface area contributed by atoms with Crippen molar-refractivity contribution in [2.24, 2.45) is 5.92 Å². The monoisotopic (exact) mass is 264 g/mol. The smallest absolute Gasteiger partial charge is 0.255 e. The van der Waals surface area contributed by atoms with Gasteiger partial charge in [0.05, 0.1) is 0 Å². The molecule has 0 bridgehead atoms. The van der Waals surface area contributed by atoms with Crippen LogP contribution < -0.4 is 0 Å². The van der Waals surface area contributed by atoms with Crippen LogP contribution in [0.25, 0.3) is 0 Å². The van der Waals surface area contributed by atoms with Crippen LogP contribution in [0.4, 0.5) is 0 Å². The van der Waals surface area contributed by atoms with E-state index in [9.17, 15) is 9.59 Å². The Bertz CT molecular complexity index is 275. The van der Waals surface area contributed by atoms with E-state index in [0.29, 0.717) is 26.2 Å². The number of rotatable bonds is 2. The Morgan fingerprint density at radius 1 is 1.00 bits per heavy atom. The average Bonchev–Trinajstić information content (AvgIpc) is 3.11. The minimum Gasteiger partial charge on any atom is -0.339 e. The first-order chi connectivity index (χ1) is 7.59. The molecule has 2 rings (SSSR count). The number of hydrogen-bond acceptors (Lipinski definition) is 2. The summed E-state index contributed by atoms with van der Waals surface area (Å²) in [6.45, 7) is 2.27. The number of carbonyl (C=O) groups excluding carboxylic acids is 2. The van der Waals surface area contributed by atoms with Crippen molar-refractivity contribution in [3.8, 4) is 0 Å². The predicted molar refractivity (Wildman–Crippen MR) is 61.4 cm³/mol. The molecule has 1 aliphatic carbocycles. The summed E-state index contributed by atoms with van der Waals surface area (Å²) in [6, 6.07) is 0. The fourth-order valence-corrected chi connectivity index (χ4v) is 2.15. The Labute approximate surface area is 104 Å². The van der Waals surface area contributed by atoms with Gasteiger partial charge in [0.1, 0.15) is 0 Å². The molecule has 90 valence electrons. The summed E-state index contributed by atoms with van der Waals surface area (Å²) in [5.41, 5.74) is 0. The predicted octanol–water partition coefficient (Wildman–Crippen LogP) is 0.871. The highest BCUT2D eigenvalue weighted by atomic mass is 35.5. The van der Waals surface area contributed by atoms with Gasteiger partial charge in [0.15, 0.2) is 4.84 Å². The van der Waals surface area contributed by atoms with E-state index < -0.39 is 4.84 Å². The molecule has 0 aromatic heterocycles. The topological polar surface area (TPSA) is 40.6 Å². The van der Waals surface area contributed by atoms with Crippen molar-refractivity contribution < 1.29 is 9.59 Å².